The van der Waals surface area contributed by atoms with E-state index in [1.807, 2.05) is 18.2 Å². The smallest absolute Gasteiger partial charge is 0.196 e. The van der Waals surface area contributed by atoms with Gasteiger partial charge in [0.25, 0.3) is 0 Å². The Morgan fingerprint density at radius 2 is 1.85 bits per heavy atom. The van der Waals surface area contributed by atoms with Gasteiger partial charge in [-0.15, -0.1) is 0 Å². The molecule has 0 saturated carbocycles. The lowest BCUT2D eigenvalue weighted by molar-refractivity contribution is 0.103. The molecule has 0 unspecified atom stereocenters. The molecule has 0 aliphatic rings. The highest BCUT2D eigenvalue weighted by atomic mass is 79.9. The van der Waals surface area contributed by atoms with Gasteiger partial charge in [0.2, 0.25) is 0 Å². The van der Waals surface area contributed by atoms with Gasteiger partial charge in [-0.3, -0.25) is 4.79 Å². The van der Waals surface area contributed by atoms with Gasteiger partial charge in [-0.1, -0.05) is 31.9 Å². The second-order valence-electron chi connectivity index (χ2n) is 4.35. The molecule has 0 radical (unpaired) electrons. The monoisotopic (exact) mass is 395 g/mol. The maximum atomic E-state index is 13.3. The number of hydrogen-bond donors (Lipinski definition) is 1. The summed E-state index contributed by atoms with van der Waals surface area (Å²) in [5.74, 6) is -0.654. The molecule has 3 aromatic rings. The lowest BCUT2D eigenvalue weighted by atomic mass is 10.0. The molecule has 0 aliphatic heterocycles. The summed E-state index contributed by atoms with van der Waals surface area (Å²) in [4.78, 5) is 15.6. The van der Waals surface area contributed by atoms with Crippen LogP contribution >= 0.6 is 31.9 Å². The quantitative estimate of drug-likeness (QED) is 0.603. The standard InChI is InChI=1S/C15H8Br2FNO/c16-8-1-4-14-10(5-8)12(7-19-14)15(20)11-6-9(18)2-3-13(11)17/h1-7,19H. The van der Waals surface area contributed by atoms with Gasteiger partial charge < -0.3 is 4.98 Å². The minimum atomic E-state index is -0.433. The summed E-state index contributed by atoms with van der Waals surface area (Å²) in [5.41, 5.74) is 1.70. The van der Waals surface area contributed by atoms with E-state index in [1.165, 1.54) is 18.2 Å². The van der Waals surface area contributed by atoms with E-state index in [2.05, 4.69) is 36.8 Å². The highest BCUT2D eigenvalue weighted by molar-refractivity contribution is 9.10. The average Bonchev–Trinajstić information content (AvgIpc) is 2.83. The molecule has 0 aliphatic carbocycles. The van der Waals surface area contributed by atoms with Gasteiger partial charge in [-0.2, -0.15) is 0 Å². The number of benzene rings is 2. The van der Waals surface area contributed by atoms with Gasteiger partial charge in [-0.25, -0.2) is 4.39 Å². The number of H-pyrrole nitrogens is 1. The molecule has 5 heteroatoms. The third kappa shape index (κ3) is 2.31. The van der Waals surface area contributed by atoms with Crippen LogP contribution in [0.5, 0.6) is 0 Å². The van der Waals surface area contributed by atoms with Crippen LogP contribution in [0.15, 0.2) is 51.5 Å². The van der Waals surface area contributed by atoms with Crippen LogP contribution in [0, 0.1) is 5.82 Å². The van der Waals surface area contributed by atoms with Gasteiger partial charge >= 0.3 is 0 Å². The van der Waals surface area contributed by atoms with Gasteiger partial charge in [0.1, 0.15) is 5.82 Å². The van der Waals surface area contributed by atoms with Crippen LogP contribution in [0.1, 0.15) is 15.9 Å². The van der Waals surface area contributed by atoms with E-state index in [0.717, 1.165) is 15.4 Å². The van der Waals surface area contributed by atoms with Crippen molar-refractivity contribution in [2.24, 2.45) is 0 Å². The number of carbonyl (C=O) groups is 1. The maximum absolute atomic E-state index is 13.3. The fourth-order valence-electron chi connectivity index (χ4n) is 2.10. The Morgan fingerprint density at radius 1 is 1.05 bits per heavy atom. The van der Waals surface area contributed by atoms with Crippen LogP contribution < -0.4 is 0 Å². The van der Waals surface area contributed by atoms with E-state index in [9.17, 15) is 9.18 Å². The first-order valence-electron chi connectivity index (χ1n) is 5.82. The Bertz CT molecular complexity index is 826. The lowest BCUT2D eigenvalue weighted by Crippen LogP contribution is -2.02. The number of nitrogens with one attached hydrogen (secondary N) is 1. The largest absolute Gasteiger partial charge is 0.360 e. The van der Waals surface area contributed by atoms with Crippen molar-refractivity contribution < 1.29 is 9.18 Å². The summed E-state index contributed by atoms with van der Waals surface area (Å²) in [6, 6.07) is 9.73. The number of ketones is 1. The van der Waals surface area contributed by atoms with Gasteiger partial charge in [0, 0.05) is 37.2 Å². The highest BCUT2D eigenvalue weighted by Crippen LogP contribution is 2.27. The van der Waals surface area contributed by atoms with Crippen LogP contribution in [-0.2, 0) is 0 Å². The molecule has 0 bridgehead atoms. The van der Waals surface area contributed by atoms with E-state index in [0.29, 0.717) is 15.6 Å². The minimum absolute atomic E-state index is 0.222. The van der Waals surface area contributed by atoms with Gasteiger partial charge in [0.15, 0.2) is 5.78 Å². The van der Waals surface area contributed by atoms with Gasteiger partial charge in [-0.05, 0) is 36.4 Å². The van der Waals surface area contributed by atoms with Crippen LogP contribution in [0.4, 0.5) is 4.39 Å². The fraction of sp³-hybridized carbons (Fsp3) is 0. The zero-order valence-electron chi connectivity index (χ0n) is 10.1. The predicted molar refractivity (Wildman–Crippen MR) is 83.5 cm³/mol. The molecule has 0 atom stereocenters. The number of carbonyl (C=O) groups excluding carboxylic acids is 1. The summed E-state index contributed by atoms with van der Waals surface area (Å²) < 4.78 is 14.8. The van der Waals surface area contributed by atoms with Crippen molar-refractivity contribution in [2.45, 2.75) is 0 Å². The van der Waals surface area contributed by atoms with E-state index >= 15 is 0 Å². The first-order chi connectivity index (χ1) is 9.56. The van der Waals surface area contributed by atoms with Crippen molar-refractivity contribution in [3.05, 3.63) is 68.5 Å². The SMILES string of the molecule is O=C(c1cc(F)ccc1Br)c1c[nH]c2ccc(Br)cc12. The number of hydrogen-bond acceptors (Lipinski definition) is 1. The van der Waals surface area contributed by atoms with Gasteiger partial charge in [0.05, 0.1) is 0 Å². The van der Waals surface area contributed by atoms with Crippen LogP contribution in [0.25, 0.3) is 10.9 Å². The normalized spacial score (nSPS) is 10.9. The van der Waals surface area contributed by atoms with E-state index in [1.54, 1.807) is 6.20 Å². The summed E-state index contributed by atoms with van der Waals surface area (Å²) in [6.07, 6.45) is 1.65. The summed E-state index contributed by atoms with van der Waals surface area (Å²) in [6.45, 7) is 0. The first-order valence-corrected chi connectivity index (χ1v) is 7.41. The molecule has 0 spiro atoms. The molecule has 100 valence electrons. The Kier molecular flexibility index (Phi) is 3.48. The molecular weight excluding hydrogens is 389 g/mol. The van der Waals surface area contributed by atoms with Crippen molar-refractivity contribution in [2.75, 3.05) is 0 Å². The molecule has 3 rings (SSSR count). The average molecular weight is 397 g/mol. The second kappa shape index (κ2) is 5.14. The van der Waals surface area contributed by atoms with Crippen molar-refractivity contribution in [1.29, 1.82) is 0 Å². The molecular formula is C15H8Br2FNO. The van der Waals surface area contributed by atoms with Crippen molar-refractivity contribution in [3.8, 4) is 0 Å². The lowest BCUT2D eigenvalue weighted by Gasteiger charge is -2.03. The molecule has 1 aromatic heterocycles. The molecule has 1 heterocycles. The summed E-state index contributed by atoms with van der Waals surface area (Å²) in [7, 11) is 0. The zero-order chi connectivity index (χ0) is 14.3. The Morgan fingerprint density at radius 3 is 2.65 bits per heavy atom. The summed E-state index contributed by atoms with van der Waals surface area (Å²) in [5, 5.41) is 0.806. The predicted octanol–water partition coefficient (Wildman–Crippen LogP) is 5.06. The maximum Gasteiger partial charge on any atom is 0.196 e. The van der Waals surface area contributed by atoms with Crippen molar-refractivity contribution in [3.63, 3.8) is 0 Å². The van der Waals surface area contributed by atoms with Crippen LogP contribution in [0.3, 0.4) is 0 Å². The van der Waals surface area contributed by atoms with E-state index in [4.69, 9.17) is 0 Å². The molecule has 20 heavy (non-hydrogen) atoms. The Hall–Kier alpha value is -1.46. The first kappa shape index (κ1) is 13.5. The molecule has 0 amide bonds. The highest BCUT2D eigenvalue weighted by Gasteiger charge is 2.17. The molecule has 2 aromatic carbocycles. The molecule has 0 saturated heterocycles. The number of rotatable bonds is 2. The van der Waals surface area contributed by atoms with E-state index < -0.39 is 5.82 Å². The minimum Gasteiger partial charge on any atom is -0.360 e. The number of fused-ring (bicyclic) bond motifs is 1. The number of aromatic amines is 1. The number of halogens is 3. The number of aromatic nitrogens is 1. The fourth-order valence-corrected chi connectivity index (χ4v) is 2.89. The third-order valence-corrected chi connectivity index (χ3v) is 4.25. The molecule has 0 fully saturated rings. The second-order valence-corrected chi connectivity index (χ2v) is 6.12. The Labute approximate surface area is 131 Å². The zero-order valence-corrected chi connectivity index (χ0v) is 13.3. The Balaban J connectivity index is 2.17. The van der Waals surface area contributed by atoms with Crippen molar-refractivity contribution in [1.82, 2.24) is 4.98 Å². The molecule has 2 nitrogen and oxygen atoms in total. The van der Waals surface area contributed by atoms with Crippen LogP contribution in [-0.4, -0.2) is 10.8 Å². The van der Waals surface area contributed by atoms with Crippen molar-refractivity contribution >= 4 is 48.5 Å². The van der Waals surface area contributed by atoms with Crippen LogP contribution in [0.2, 0.25) is 0 Å². The summed E-state index contributed by atoms with van der Waals surface area (Å²) >= 11 is 6.68. The third-order valence-electron chi connectivity index (χ3n) is 3.06. The van der Waals surface area contributed by atoms with E-state index in [-0.39, 0.29) is 5.78 Å². The molecule has 1 N–H and O–H groups in total. The topological polar surface area (TPSA) is 32.9 Å².